The number of carbonyl (C=O) groups is 2. The molecule has 1 unspecified atom stereocenters. The van der Waals surface area contributed by atoms with E-state index in [1.165, 1.54) is 6.07 Å². The van der Waals surface area contributed by atoms with Gasteiger partial charge in [-0.15, -0.1) is 0 Å². The van der Waals surface area contributed by atoms with Gasteiger partial charge in [0.25, 0.3) is 18.2 Å². The number of aliphatic hydroxyl groups is 1. The van der Waals surface area contributed by atoms with Crippen molar-refractivity contribution in [3.63, 3.8) is 0 Å². The number of hydrogen-bond donors (Lipinski definition) is 3. The van der Waals surface area contributed by atoms with Gasteiger partial charge in [0, 0.05) is 17.7 Å². The number of fused-ring (bicyclic) bond motifs is 3. The Kier molecular flexibility index (Phi) is 6.52. The van der Waals surface area contributed by atoms with Crippen LogP contribution in [0.5, 0.6) is 5.75 Å². The summed E-state index contributed by atoms with van der Waals surface area (Å²) < 4.78 is 35.6. The summed E-state index contributed by atoms with van der Waals surface area (Å²) in [7, 11) is 0. The molecule has 12 heteroatoms. The molecule has 1 heterocycles. The zero-order chi connectivity index (χ0) is 23.8. The van der Waals surface area contributed by atoms with Gasteiger partial charge in [-0.2, -0.15) is 0 Å². The van der Waals surface area contributed by atoms with E-state index in [0.29, 0.717) is 41.5 Å². The van der Waals surface area contributed by atoms with Crippen LogP contribution in [0.2, 0.25) is 10.0 Å². The Balaban J connectivity index is 1.34. The Morgan fingerprint density at radius 1 is 1.18 bits per heavy atom. The van der Waals surface area contributed by atoms with Crippen LogP contribution in [0.1, 0.15) is 54.8 Å². The first kappa shape index (κ1) is 23.7. The van der Waals surface area contributed by atoms with Crippen molar-refractivity contribution in [2.75, 3.05) is 6.61 Å². The molecule has 3 aliphatic rings. The molecule has 3 aliphatic carbocycles. The number of aromatic nitrogens is 1. The average Bonchev–Trinajstić information content (AvgIpc) is 3.27. The molecule has 3 N–H and O–H groups in total. The van der Waals surface area contributed by atoms with Crippen molar-refractivity contribution >= 4 is 35.0 Å². The zero-order valence-corrected chi connectivity index (χ0v) is 18.8. The van der Waals surface area contributed by atoms with Crippen molar-refractivity contribution in [1.29, 1.82) is 0 Å². The van der Waals surface area contributed by atoms with Crippen LogP contribution in [-0.4, -0.2) is 45.9 Å². The summed E-state index contributed by atoms with van der Waals surface area (Å²) in [6.07, 6.45) is -1.75. The number of nitrogens with one attached hydrogen (secondary N) is 2. The number of amides is 2. The highest BCUT2D eigenvalue weighted by Gasteiger charge is 2.55. The molecule has 0 saturated heterocycles. The van der Waals surface area contributed by atoms with Crippen molar-refractivity contribution in [3.05, 3.63) is 45.8 Å². The second-order valence-corrected chi connectivity index (χ2v) is 9.25. The first-order valence-corrected chi connectivity index (χ1v) is 11.0. The van der Waals surface area contributed by atoms with Gasteiger partial charge in [0.05, 0.1) is 21.7 Å². The maximum absolute atomic E-state index is 12.7. The smallest absolute Gasteiger partial charge is 0.290 e. The molecular weight excluding hydrogens is 483 g/mol. The molecule has 1 atom stereocenters. The average molecular weight is 504 g/mol. The summed E-state index contributed by atoms with van der Waals surface area (Å²) in [5.74, 6) is -1.01. The maximum atomic E-state index is 12.7. The third-order valence-corrected chi connectivity index (χ3v) is 7.06. The summed E-state index contributed by atoms with van der Waals surface area (Å²) in [5.41, 5.74) is -2.17. The van der Waals surface area contributed by atoms with Crippen molar-refractivity contribution in [3.8, 4) is 5.75 Å². The second-order valence-electron chi connectivity index (χ2n) is 8.44. The SMILES string of the molecule is O=C(COc1ccc(Cl)c(Cl)c1)NC12CCC(NC(=O)c3cc(C(F)F)no3)(CC1)CC2O. The molecule has 0 aliphatic heterocycles. The molecule has 0 radical (unpaired) electrons. The number of nitrogens with zero attached hydrogens (tertiary/aromatic N) is 1. The van der Waals surface area contributed by atoms with E-state index in [0.717, 1.165) is 6.07 Å². The first-order chi connectivity index (χ1) is 15.6. The lowest BCUT2D eigenvalue weighted by atomic mass is 9.60. The largest absolute Gasteiger partial charge is 0.484 e. The van der Waals surface area contributed by atoms with Crippen molar-refractivity contribution in [1.82, 2.24) is 15.8 Å². The van der Waals surface area contributed by atoms with Gasteiger partial charge >= 0.3 is 0 Å². The fourth-order valence-corrected chi connectivity index (χ4v) is 4.78. The zero-order valence-electron chi connectivity index (χ0n) is 17.2. The Hall–Kier alpha value is -2.43. The molecule has 178 valence electrons. The molecule has 2 amide bonds. The standard InChI is InChI=1S/C21H21Cl2F2N3O5/c22-12-2-1-11(7-13(12)23)32-10-17(30)26-21-5-3-20(4-6-21,9-16(21)29)27-19(31)15-8-14(18(24)25)28-33-15/h1-2,7-8,16,18,29H,3-6,9-10H2,(H,26,30)(H,27,31). The number of hydrogen-bond acceptors (Lipinski definition) is 6. The van der Waals surface area contributed by atoms with E-state index in [9.17, 15) is 23.5 Å². The van der Waals surface area contributed by atoms with Crippen LogP contribution in [0.3, 0.4) is 0 Å². The third-order valence-electron chi connectivity index (χ3n) is 6.33. The van der Waals surface area contributed by atoms with Gasteiger partial charge in [-0.3, -0.25) is 9.59 Å². The number of halogens is 4. The lowest BCUT2D eigenvalue weighted by Gasteiger charge is -2.56. The van der Waals surface area contributed by atoms with Gasteiger partial charge in [0.2, 0.25) is 5.76 Å². The normalized spacial score (nSPS) is 26.3. The van der Waals surface area contributed by atoms with E-state index < -0.39 is 41.1 Å². The van der Waals surface area contributed by atoms with Crippen LogP contribution >= 0.6 is 23.2 Å². The van der Waals surface area contributed by atoms with Gasteiger partial charge < -0.3 is 25.0 Å². The highest BCUT2D eigenvalue weighted by atomic mass is 35.5. The molecule has 1 aromatic heterocycles. The minimum Gasteiger partial charge on any atom is -0.484 e. The summed E-state index contributed by atoms with van der Waals surface area (Å²) in [6, 6.07) is 5.55. The van der Waals surface area contributed by atoms with E-state index in [2.05, 4.69) is 15.8 Å². The minimum absolute atomic E-state index is 0.197. The van der Waals surface area contributed by atoms with Gasteiger partial charge in [0.1, 0.15) is 5.75 Å². The monoisotopic (exact) mass is 503 g/mol. The number of carbonyl (C=O) groups excluding carboxylic acids is 2. The second kappa shape index (κ2) is 9.08. The van der Waals surface area contributed by atoms with Crippen LogP contribution < -0.4 is 15.4 Å². The highest BCUT2D eigenvalue weighted by molar-refractivity contribution is 6.42. The molecule has 8 nitrogen and oxygen atoms in total. The van der Waals surface area contributed by atoms with E-state index in [1.807, 2.05) is 0 Å². The Bertz CT molecular complexity index is 1060. The topological polar surface area (TPSA) is 114 Å². The summed E-state index contributed by atoms with van der Waals surface area (Å²) in [5, 5.41) is 20.4. The summed E-state index contributed by atoms with van der Waals surface area (Å²) >= 11 is 11.8. The van der Waals surface area contributed by atoms with Crippen molar-refractivity contribution < 1.29 is 32.7 Å². The molecule has 1 aromatic carbocycles. The number of alkyl halides is 2. The molecule has 3 fully saturated rings. The predicted octanol–water partition coefficient (Wildman–Crippen LogP) is 3.66. The number of benzene rings is 1. The van der Waals surface area contributed by atoms with Crippen molar-refractivity contribution in [2.24, 2.45) is 0 Å². The fourth-order valence-electron chi connectivity index (χ4n) is 4.49. The molecule has 2 aromatic rings. The van der Waals surface area contributed by atoms with E-state index >= 15 is 0 Å². The highest BCUT2D eigenvalue weighted by Crippen LogP contribution is 2.47. The minimum atomic E-state index is -2.84. The van der Waals surface area contributed by atoms with Gasteiger partial charge in [-0.25, -0.2) is 8.78 Å². The van der Waals surface area contributed by atoms with Crippen LogP contribution in [-0.2, 0) is 4.79 Å². The summed E-state index contributed by atoms with van der Waals surface area (Å²) in [4.78, 5) is 25.0. The predicted molar refractivity (Wildman–Crippen MR) is 114 cm³/mol. The van der Waals surface area contributed by atoms with E-state index in [1.54, 1.807) is 12.1 Å². The van der Waals surface area contributed by atoms with Crippen molar-refractivity contribution in [2.45, 2.75) is 55.7 Å². The van der Waals surface area contributed by atoms with Gasteiger partial charge in [-0.1, -0.05) is 28.4 Å². The van der Waals surface area contributed by atoms with Gasteiger partial charge in [-0.05, 0) is 44.2 Å². The van der Waals surface area contributed by atoms with Crippen LogP contribution in [0.25, 0.3) is 0 Å². The lowest BCUT2D eigenvalue weighted by molar-refractivity contribution is -0.132. The van der Waals surface area contributed by atoms with Crippen LogP contribution in [0.15, 0.2) is 28.8 Å². The molecule has 33 heavy (non-hydrogen) atoms. The van der Waals surface area contributed by atoms with Gasteiger partial charge in [0.15, 0.2) is 12.3 Å². The molecule has 3 saturated carbocycles. The third kappa shape index (κ3) is 4.92. The van der Waals surface area contributed by atoms with Crippen LogP contribution in [0.4, 0.5) is 8.78 Å². The number of ether oxygens (including phenoxy) is 1. The van der Waals surface area contributed by atoms with E-state index in [4.69, 9.17) is 32.5 Å². The maximum Gasteiger partial charge on any atom is 0.290 e. The molecule has 2 bridgehead atoms. The Labute approximate surface area is 197 Å². The Morgan fingerprint density at radius 2 is 1.91 bits per heavy atom. The molecule has 0 spiro atoms. The van der Waals surface area contributed by atoms with E-state index in [-0.39, 0.29) is 18.8 Å². The van der Waals surface area contributed by atoms with Crippen LogP contribution in [0, 0.1) is 0 Å². The summed E-state index contributed by atoms with van der Waals surface area (Å²) in [6.45, 7) is -0.272. The Morgan fingerprint density at radius 3 is 2.52 bits per heavy atom. The number of rotatable bonds is 7. The lowest BCUT2D eigenvalue weighted by Crippen LogP contribution is -2.70. The molecular formula is C21H21Cl2F2N3O5. The fraction of sp³-hybridized carbons (Fsp3) is 0.476. The quantitative estimate of drug-likeness (QED) is 0.531. The number of aliphatic hydroxyl groups excluding tert-OH is 1. The first-order valence-electron chi connectivity index (χ1n) is 10.3. The molecule has 5 rings (SSSR count).